The summed E-state index contributed by atoms with van der Waals surface area (Å²) < 4.78 is 27.7. The average molecular weight is 286 g/mol. The van der Waals surface area contributed by atoms with Gasteiger partial charge in [-0.3, -0.25) is 4.68 Å². The second-order valence-electron chi connectivity index (χ2n) is 5.57. The van der Waals surface area contributed by atoms with E-state index < -0.39 is 15.6 Å². The Balaban J connectivity index is 1.88. The topological polar surface area (TPSA) is 101 Å². The lowest BCUT2D eigenvalue weighted by Crippen LogP contribution is -2.64. The number of rotatable bonds is 3. The van der Waals surface area contributed by atoms with Crippen LogP contribution in [0.15, 0.2) is 4.90 Å². The highest BCUT2D eigenvalue weighted by Gasteiger charge is 2.55. The first-order valence-corrected chi connectivity index (χ1v) is 7.71. The number of aliphatic hydroxyl groups is 1. The summed E-state index contributed by atoms with van der Waals surface area (Å²) in [5.41, 5.74) is 5.36. The Morgan fingerprint density at radius 2 is 2.00 bits per heavy atom. The fourth-order valence-electron chi connectivity index (χ4n) is 2.68. The molecule has 3 rings (SSSR count). The Hall–Kier alpha value is -1.12. The van der Waals surface area contributed by atoms with Crippen LogP contribution < -0.4 is 5.73 Å². The average Bonchev–Trinajstić information content (AvgIpc) is 3.04. The molecule has 1 saturated heterocycles. The number of nitrogen functional groups attached to an aromatic ring is 1. The van der Waals surface area contributed by atoms with E-state index in [-0.39, 0.29) is 29.7 Å². The highest BCUT2D eigenvalue weighted by molar-refractivity contribution is 7.89. The summed E-state index contributed by atoms with van der Waals surface area (Å²) in [5, 5.41) is 14.1. The number of sulfonamides is 1. The van der Waals surface area contributed by atoms with Gasteiger partial charge >= 0.3 is 0 Å². The Kier molecular flexibility index (Phi) is 2.52. The lowest BCUT2D eigenvalue weighted by atomic mass is 9.91. The van der Waals surface area contributed by atoms with Crippen molar-refractivity contribution in [1.82, 2.24) is 14.1 Å². The predicted octanol–water partition coefficient (Wildman–Crippen LogP) is -0.544. The number of aromatic nitrogens is 2. The van der Waals surface area contributed by atoms with Crippen LogP contribution in [0.25, 0.3) is 0 Å². The van der Waals surface area contributed by atoms with Crippen LogP contribution in [0.3, 0.4) is 0 Å². The third-order valence-electron chi connectivity index (χ3n) is 4.14. The van der Waals surface area contributed by atoms with Crippen LogP contribution in [0.2, 0.25) is 0 Å². The van der Waals surface area contributed by atoms with Gasteiger partial charge in [0, 0.05) is 20.1 Å². The second kappa shape index (κ2) is 3.71. The van der Waals surface area contributed by atoms with Gasteiger partial charge in [-0.2, -0.15) is 9.40 Å². The molecule has 0 atom stereocenters. The molecular weight excluding hydrogens is 268 g/mol. The van der Waals surface area contributed by atoms with E-state index in [2.05, 4.69) is 5.10 Å². The van der Waals surface area contributed by atoms with Crippen molar-refractivity contribution in [3.63, 3.8) is 0 Å². The number of nitrogens with two attached hydrogens (primary N) is 1. The maximum Gasteiger partial charge on any atom is 0.248 e. The second-order valence-corrected chi connectivity index (χ2v) is 7.45. The zero-order chi connectivity index (χ0) is 14.0. The molecule has 2 fully saturated rings. The van der Waals surface area contributed by atoms with E-state index in [0.29, 0.717) is 5.69 Å². The molecule has 8 heteroatoms. The lowest BCUT2D eigenvalue weighted by Gasteiger charge is -2.45. The standard InChI is InChI=1S/C11H18N4O3S/c1-7-9(10(12)13-14(7)2)19(17,18)15-5-11(16,6-15)8-3-4-8/h8,16H,3-6H2,1-2H3,(H2,12,13). The molecule has 2 heterocycles. The van der Waals surface area contributed by atoms with Crippen molar-refractivity contribution in [2.24, 2.45) is 13.0 Å². The normalized spacial score (nSPS) is 23.3. The zero-order valence-corrected chi connectivity index (χ0v) is 11.8. The summed E-state index contributed by atoms with van der Waals surface area (Å²) in [5.74, 6) is 0.271. The molecule has 1 aliphatic heterocycles. The van der Waals surface area contributed by atoms with Gasteiger partial charge in [0.25, 0.3) is 0 Å². The van der Waals surface area contributed by atoms with Gasteiger partial charge in [0.2, 0.25) is 10.0 Å². The lowest BCUT2D eigenvalue weighted by molar-refractivity contribution is -0.0764. The maximum absolute atomic E-state index is 12.5. The SMILES string of the molecule is Cc1c(S(=O)(=O)N2CC(O)(C3CC3)C2)c(N)nn1C. The molecule has 0 amide bonds. The van der Waals surface area contributed by atoms with E-state index >= 15 is 0 Å². The van der Waals surface area contributed by atoms with Crippen molar-refractivity contribution in [1.29, 1.82) is 0 Å². The third-order valence-corrected chi connectivity index (χ3v) is 6.10. The van der Waals surface area contributed by atoms with Gasteiger partial charge < -0.3 is 10.8 Å². The van der Waals surface area contributed by atoms with Gasteiger partial charge in [-0.1, -0.05) is 0 Å². The number of hydrogen-bond donors (Lipinski definition) is 2. The summed E-state index contributed by atoms with van der Waals surface area (Å²) in [7, 11) is -2.00. The molecule has 0 aromatic carbocycles. The highest BCUT2D eigenvalue weighted by Crippen LogP contribution is 2.46. The molecule has 19 heavy (non-hydrogen) atoms. The Morgan fingerprint density at radius 1 is 1.42 bits per heavy atom. The first kappa shape index (κ1) is 12.9. The minimum Gasteiger partial charge on any atom is -0.387 e. The van der Waals surface area contributed by atoms with E-state index in [1.165, 1.54) is 8.99 Å². The molecule has 1 saturated carbocycles. The minimum absolute atomic E-state index is 0.0156. The Bertz CT molecular complexity index is 627. The van der Waals surface area contributed by atoms with Crippen LogP contribution >= 0.6 is 0 Å². The zero-order valence-electron chi connectivity index (χ0n) is 11.0. The van der Waals surface area contributed by atoms with E-state index in [1.54, 1.807) is 14.0 Å². The summed E-state index contributed by atoms with van der Waals surface area (Å²) in [4.78, 5) is 0.0628. The molecule has 3 N–H and O–H groups in total. The predicted molar refractivity (Wildman–Crippen MR) is 68.8 cm³/mol. The van der Waals surface area contributed by atoms with Crippen LogP contribution in [-0.4, -0.2) is 46.3 Å². The van der Waals surface area contributed by atoms with Crippen LogP contribution in [0.4, 0.5) is 5.82 Å². The van der Waals surface area contributed by atoms with Crippen molar-refractivity contribution in [3.8, 4) is 0 Å². The van der Waals surface area contributed by atoms with E-state index in [9.17, 15) is 13.5 Å². The van der Waals surface area contributed by atoms with Gasteiger partial charge in [0.15, 0.2) is 5.82 Å². The number of aryl methyl sites for hydroxylation is 1. The highest BCUT2D eigenvalue weighted by atomic mass is 32.2. The fourth-order valence-corrected chi connectivity index (χ4v) is 4.53. The van der Waals surface area contributed by atoms with E-state index in [0.717, 1.165) is 12.8 Å². The molecule has 1 aromatic heterocycles. The number of nitrogens with zero attached hydrogens (tertiary/aromatic N) is 3. The number of anilines is 1. The molecule has 0 unspecified atom stereocenters. The third kappa shape index (κ3) is 1.78. The largest absolute Gasteiger partial charge is 0.387 e. The van der Waals surface area contributed by atoms with Gasteiger partial charge in [-0.15, -0.1) is 0 Å². The van der Waals surface area contributed by atoms with Crippen molar-refractivity contribution >= 4 is 15.8 Å². The fraction of sp³-hybridized carbons (Fsp3) is 0.727. The summed E-state index contributed by atoms with van der Waals surface area (Å²) >= 11 is 0. The monoisotopic (exact) mass is 286 g/mol. The Morgan fingerprint density at radius 3 is 2.42 bits per heavy atom. The van der Waals surface area contributed by atoms with Crippen molar-refractivity contribution in [2.45, 2.75) is 30.3 Å². The minimum atomic E-state index is -3.65. The smallest absolute Gasteiger partial charge is 0.248 e. The molecule has 1 aromatic rings. The van der Waals surface area contributed by atoms with E-state index in [1.807, 2.05) is 0 Å². The maximum atomic E-state index is 12.5. The van der Waals surface area contributed by atoms with Gasteiger partial charge in [-0.05, 0) is 25.7 Å². The van der Waals surface area contributed by atoms with Crippen molar-refractivity contribution in [3.05, 3.63) is 5.69 Å². The van der Waals surface area contributed by atoms with Gasteiger partial charge in [0.05, 0.1) is 11.3 Å². The summed E-state index contributed by atoms with van der Waals surface area (Å²) in [6.07, 6.45) is 1.97. The Labute approximate surface area is 112 Å². The van der Waals surface area contributed by atoms with Gasteiger partial charge in [-0.25, -0.2) is 8.42 Å². The summed E-state index contributed by atoms with van der Waals surface area (Å²) in [6.45, 7) is 1.99. The first-order valence-electron chi connectivity index (χ1n) is 6.27. The van der Waals surface area contributed by atoms with E-state index in [4.69, 9.17) is 5.73 Å². The van der Waals surface area contributed by atoms with Crippen molar-refractivity contribution in [2.75, 3.05) is 18.8 Å². The van der Waals surface area contributed by atoms with Crippen LogP contribution in [0, 0.1) is 12.8 Å². The van der Waals surface area contributed by atoms with Crippen LogP contribution in [0.1, 0.15) is 18.5 Å². The molecular formula is C11H18N4O3S. The summed E-state index contributed by atoms with van der Waals surface area (Å²) in [6, 6.07) is 0. The van der Waals surface area contributed by atoms with Crippen LogP contribution in [0.5, 0.6) is 0 Å². The molecule has 0 radical (unpaired) electrons. The molecule has 0 spiro atoms. The molecule has 106 valence electrons. The van der Waals surface area contributed by atoms with Crippen molar-refractivity contribution < 1.29 is 13.5 Å². The molecule has 7 nitrogen and oxygen atoms in total. The molecule has 0 bridgehead atoms. The molecule has 1 aliphatic carbocycles. The first-order chi connectivity index (χ1) is 8.75. The molecule has 2 aliphatic rings. The van der Waals surface area contributed by atoms with Crippen LogP contribution in [-0.2, 0) is 17.1 Å². The number of hydrogen-bond acceptors (Lipinski definition) is 5. The van der Waals surface area contributed by atoms with Gasteiger partial charge in [0.1, 0.15) is 4.90 Å². The number of β-amino-alcohol motifs (C(OH)–C–C–N with tert-alkyl or cyclic N) is 1. The quantitative estimate of drug-likeness (QED) is 0.777.